The van der Waals surface area contributed by atoms with Crippen LogP contribution < -0.4 is 10.1 Å². The Morgan fingerprint density at radius 2 is 1.88 bits per heavy atom. The summed E-state index contributed by atoms with van der Waals surface area (Å²) >= 11 is 0. The summed E-state index contributed by atoms with van der Waals surface area (Å²) in [7, 11) is 0. The summed E-state index contributed by atoms with van der Waals surface area (Å²) in [5.41, 5.74) is 4.45. The quantitative estimate of drug-likeness (QED) is 0.680. The number of ketones is 1. The lowest BCUT2D eigenvalue weighted by Crippen LogP contribution is -1.97. The van der Waals surface area contributed by atoms with Crippen molar-refractivity contribution in [1.82, 2.24) is 4.98 Å². The molecular weight excluding hydrogens is 300 g/mol. The number of Topliss-reactive ketones (excluding diaryl/α,β-unsaturated/α-hetero) is 1. The Kier molecular flexibility index (Phi) is 4.47. The van der Waals surface area contributed by atoms with Gasteiger partial charge in [-0.3, -0.25) is 9.78 Å². The lowest BCUT2D eigenvalue weighted by atomic mass is 10.1. The second-order valence-electron chi connectivity index (χ2n) is 5.68. The van der Waals surface area contributed by atoms with Gasteiger partial charge in [-0.25, -0.2) is 0 Å². The van der Waals surface area contributed by atoms with Crippen LogP contribution >= 0.6 is 0 Å². The molecule has 0 fully saturated rings. The first-order valence-electron chi connectivity index (χ1n) is 7.99. The molecule has 0 aliphatic rings. The number of fused-ring (bicyclic) bond motifs is 1. The van der Waals surface area contributed by atoms with Gasteiger partial charge in [0.2, 0.25) is 0 Å². The summed E-state index contributed by atoms with van der Waals surface area (Å²) in [5, 5.41) is 4.42. The molecule has 0 amide bonds. The molecule has 0 atom stereocenters. The molecule has 4 heteroatoms. The first-order valence-corrected chi connectivity index (χ1v) is 7.99. The predicted octanol–water partition coefficient (Wildman–Crippen LogP) is 4.89. The Bertz CT molecular complexity index is 886. The van der Waals surface area contributed by atoms with Crippen molar-refractivity contribution in [3.05, 3.63) is 59.8 Å². The Balaban J connectivity index is 2.00. The zero-order chi connectivity index (χ0) is 17.1. The van der Waals surface area contributed by atoms with Gasteiger partial charge in [-0.1, -0.05) is 0 Å². The summed E-state index contributed by atoms with van der Waals surface area (Å²) in [6.07, 6.45) is 0. The largest absolute Gasteiger partial charge is 0.494 e. The fraction of sp³-hybridized carbons (Fsp3) is 0.200. The number of benzene rings is 2. The van der Waals surface area contributed by atoms with Crippen LogP contribution in [0, 0.1) is 6.92 Å². The van der Waals surface area contributed by atoms with E-state index < -0.39 is 0 Å². The predicted molar refractivity (Wildman–Crippen MR) is 97.4 cm³/mol. The number of nitrogens with one attached hydrogen (secondary N) is 1. The molecule has 122 valence electrons. The molecular formula is C20H20N2O2. The standard InChI is InChI=1S/C20H20N2O2/c1-4-24-17-9-10-19-18(12-17)20(11-13(2)21-19)22-16-7-5-15(6-8-16)14(3)23/h5-12H,4H2,1-3H3,(H,21,22). The summed E-state index contributed by atoms with van der Waals surface area (Å²) in [6, 6.07) is 15.4. The molecule has 1 aromatic heterocycles. The number of aromatic nitrogens is 1. The van der Waals surface area contributed by atoms with Crippen molar-refractivity contribution in [2.45, 2.75) is 20.8 Å². The maximum atomic E-state index is 11.4. The van der Waals surface area contributed by atoms with Crippen LogP contribution in [0.25, 0.3) is 10.9 Å². The number of anilines is 2. The van der Waals surface area contributed by atoms with Crippen LogP contribution in [-0.4, -0.2) is 17.4 Å². The molecule has 0 saturated heterocycles. The maximum Gasteiger partial charge on any atom is 0.159 e. The molecule has 1 heterocycles. The minimum atomic E-state index is 0.0631. The highest BCUT2D eigenvalue weighted by molar-refractivity contribution is 5.96. The zero-order valence-electron chi connectivity index (χ0n) is 14.1. The SMILES string of the molecule is CCOc1ccc2nc(C)cc(Nc3ccc(C(C)=O)cc3)c2c1. The fourth-order valence-corrected chi connectivity index (χ4v) is 2.64. The van der Waals surface area contributed by atoms with Crippen molar-refractivity contribution in [2.24, 2.45) is 0 Å². The van der Waals surface area contributed by atoms with Gasteiger partial charge in [-0.15, -0.1) is 0 Å². The third-order valence-electron chi connectivity index (χ3n) is 3.79. The van der Waals surface area contributed by atoms with E-state index in [0.29, 0.717) is 12.2 Å². The van der Waals surface area contributed by atoms with Crippen LogP contribution in [0.5, 0.6) is 5.75 Å². The Morgan fingerprint density at radius 1 is 1.12 bits per heavy atom. The molecule has 0 aliphatic carbocycles. The first-order chi connectivity index (χ1) is 11.6. The van der Waals surface area contributed by atoms with Gasteiger partial charge in [0, 0.05) is 28.0 Å². The van der Waals surface area contributed by atoms with Crippen molar-refractivity contribution < 1.29 is 9.53 Å². The van der Waals surface area contributed by atoms with E-state index in [1.54, 1.807) is 6.92 Å². The molecule has 4 nitrogen and oxygen atoms in total. The van der Waals surface area contributed by atoms with E-state index in [4.69, 9.17) is 4.74 Å². The van der Waals surface area contributed by atoms with Crippen LogP contribution in [0.15, 0.2) is 48.5 Å². The van der Waals surface area contributed by atoms with Gasteiger partial charge in [0.1, 0.15) is 5.75 Å². The number of nitrogens with zero attached hydrogens (tertiary/aromatic N) is 1. The molecule has 3 rings (SSSR count). The number of aryl methyl sites for hydroxylation is 1. The molecule has 0 radical (unpaired) electrons. The Morgan fingerprint density at radius 3 is 2.54 bits per heavy atom. The van der Waals surface area contributed by atoms with Crippen molar-refractivity contribution >= 4 is 28.1 Å². The normalized spacial score (nSPS) is 10.6. The number of hydrogen-bond acceptors (Lipinski definition) is 4. The summed E-state index contributed by atoms with van der Waals surface area (Å²) in [4.78, 5) is 16.0. The smallest absolute Gasteiger partial charge is 0.159 e. The van der Waals surface area contributed by atoms with E-state index in [9.17, 15) is 4.79 Å². The summed E-state index contributed by atoms with van der Waals surface area (Å²) in [5.74, 6) is 0.888. The van der Waals surface area contributed by atoms with Crippen LogP contribution in [0.2, 0.25) is 0 Å². The molecule has 0 aliphatic heterocycles. The second-order valence-corrected chi connectivity index (χ2v) is 5.68. The average molecular weight is 320 g/mol. The lowest BCUT2D eigenvalue weighted by molar-refractivity contribution is 0.101. The van der Waals surface area contributed by atoms with E-state index in [1.807, 2.05) is 62.4 Å². The highest BCUT2D eigenvalue weighted by Gasteiger charge is 2.07. The molecule has 0 spiro atoms. The Labute approximate surface area is 141 Å². The zero-order valence-corrected chi connectivity index (χ0v) is 14.1. The van der Waals surface area contributed by atoms with Crippen molar-refractivity contribution in [2.75, 3.05) is 11.9 Å². The van der Waals surface area contributed by atoms with E-state index in [-0.39, 0.29) is 5.78 Å². The van der Waals surface area contributed by atoms with E-state index >= 15 is 0 Å². The van der Waals surface area contributed by atoms with E-state index in [2.05, 4.69) is 10.3 Å². The van der Waals surface area contributed by atoms with Crippen molar-refractivity contribution in [3.8, 4) is 5.75 Å². The summed E-state index contributed by atoms with van der Waals surface area (Å²) in [6.45, 7) is 6.13. The van der Waals surface area contributed by atoms with Gasteiger partial charge in [0.15, 0.2) is 5.78 Å². The molecule has 3 aromatic rings. The first kappa shape index (κ1) is 16.0. The molecule has 0 unspecified atom stereocenters. The number of pyridine rings is 1. The van der Waals surface area contributed by atoms with E-state index in [0.717, 1.165) is 33.7 Å². The summed E-state index contributed by atoms with van der Waals surface area (Å²) < 4.78 is 5.60. The third kappa shape index (κ3) is 3.38. The van der Waals surface area contributed by atoms with Gasteiger partial charge in [0.25, 0.3) is 0 Å². The van der Waals surface area contributed by atoms with Gasteiger partial charge < -0.3 is 10.1 Å². The van der Waals surface area contributed by atoms with Gasteiger partial charge in [-0.05, 0) is 69.3 Å². The van der Waals surface area contributed by atoms with E-state index in [1.165, 1.54) is 0 Å². The van der Waals surface area contributed by atoms with Crippen LogP contribution in [0.1, 0.15) is 29.9 Å². The van der Waals surface area contributed by atoms with Crippen LogP contribution in [0.4, 0.5) is 11.4 Å². The topological polar surface area (TPSA) is 51.2 Å². The minimum Gasteiger partial charge on any atom is -0.494 e. The third-order valence-corrected chi connectivity index (χ3v) is 3.79. The van der Waals surface area contributed by atoms with Gasteiger partial charge in [-0.2, -0.15) is 0 Å². The number of carbonyl (C=O) groups excluding carboxylic acids is 1. The molecule has 24 heavy (non-hydrogen) atoms. The van der Waals surface area contributed by atoms with Gasteiger partial charge in [0.05, 0.1) is 12.1 Å². The molecule has 0 bridgehead atoms. The highest BCUT2D eigenvalue weighted by Crippen LogP contribution is 2.29. The number of carbonyl (C=O) groups is 1. The van der Waals surface area contributed by atoms with Crippen LogP contribution in [-0.2, 0) is 0 Å². The number of ether oxygens (including phenoxy) is 1. The molecule has 1 N–H and O–H groups in total. The maximum absolute atomic E-state index is 11.4. The molecule has 2 aromatic carbocycles. The van der Waals surface area contributed by atoms with Crippen molar-refractivity contribution in [3.63, 3.8) is 0 Å². The number of hydrogen-bond donors (Lipinski definition) is 1. The molecule has 0 saturated carbocycles. The van der Waals surface area contributed by atoms with Crippen molar-refractivity contribution in [1.29, 1.82) is 0 Å². The highest BCUT2D eigenvalue weighted by atomic mass is 16.5. The monoisotopic (exact) mass is 320 g/mol. The second kappa shape index (κ2) is 6.71. The minimum absolute atomic E-state index is 0.0631. The number of rotatable bonds is 5. The lowest BCUT2D eigenvalue weighted by Gasteiger charge is -2.12. The average Bonchev–Trinajstić information content (AvgIpc) is 2.56. The Hall–Kier alpha value is -2.88. The fourth-order valence-electron chi connectivity index (χ4n) is 2.64. The van der Waals surface area contributed by atoms with Crippen LogP contribution in [0.3, 0.4) is 0 Å². The van der Waals surface area contributed by atoms with Gasteiger partial charge >= 0.3 is 0 Å².